The van der Waals surface area contributed by atoms with Crippen LogP contribution in [0.5, 0.6) is 5.75 Å². The highest BCUT2D eigenvalue weighted by molar-refractivity contribution is 7.99. The summed E-state index contributed by atoms with van der Waals surface area (Å²) < 4.78 is 8.52. The summed E-state index contributed by atoms with van der Waals surface area (Å²) in [5.74, 6) is 12.2. The molecule has 2 nitrogen and oxygen atoms in total. The molecule has 96 heavy (non-hydrogen) atoms. The number of hydrogen-bond donors (Lipinski definition) is 1. The molecule has 4 aliphatic rings. The van der Waals surface area contributed by atoms with E-state index in [-0.39, 0.29) is 0 Å². The minimum atomic E-state index is 0.461. The number of phenols is 1. The third-order valence-electron chi connectivity index (χ3n) is 25.2. The summed E-state index contributed by atoms with van der Waals surface area (Å²) in [6.07, 6.45) is 53.9. The normalized spacial score (nSPS) is 21.0. The number of ether oxygens (including phenoxy) is 1. The summed E-state index contributed by atoms with van der Waals surface area (Å²) in [7, 11) is 0. The van der Waals surface area contributed by atoms with Crippen molar-refractivity contribution < 1.29 is 9.84 Å². The lowest BCUT2D eigenvalue weighted by Crippen LogP contribution is -2.36. The second-order valence-electron chi connectivity index (χ2n) is 33.7. The average Bonchev–Trinajstić information content (AvgIpc) is 1.40. The van der Waals surface area contributed by atoms with E-state index in [9.17, 15) is 5.11 Å². The molecule has 0 saturated heterocycles. The van der Waals surface area contributed by atoms with Gasteiger partial charge in [0.2, 0.25) is 0 Å². The summed E-state index contributed by atoms with van der Waals surface area (Å²) in [6, 6.07) is 16.9. The maximum absolute atomic E-state index is 12.0. The Kier molecular flexibility index (Phi) is 31.5. The van der Waals surface area contributed by atoms with Gasteiger partial charge < -0.3 is 9.84 Å². The van der Waals surface area contributed by atoms with E-state index in [1.807, 2.05) is 17.3 Å². The maximum atomic E-state index is 12.0. The molecule has 12 unspecified atom stereocenters. The first-order chi connectivity index (χ1) is 46.6. The highest BCUT2D eigenvalue weighted by Crippen LogP contribution is 2.58. The Morgan fingerprint density at radius 1 is 0.510 bits per heavy atom. The van der Waals surface area contributed by atoms with E-state index < -0.39 is 0 Å². The van der Waals surface area contributed by atoms with E-state index in [1.165, 1.54) is 252 Å². The molecule has 4 aromatic carbocycles. The van der Waals surface area contributed by atoms with Gasteiger partial charge in [0.05, 0.1) is 6.61 Å². The molecule has 1 saturated carbocycles. The topological polar surface area (TPSA) is 29.5 Å². The van der Waals surface area contributed by atoms with Gasteiger partial charge in [-0.15, -0.1) is 23.1 Å². The van der Waals surface area contributed by atoms with E-state index in [0.29, 0.717) is 23.5 Å². The zero-order chi connectivity index (χ0) is 68.1. The number of benzene rings is 4. The third-order valence-corrected chi connectivity index (χ3v) is 27.5. The second kappa shape index (κ2) is 39.3. The zero-order valence-electron chi connectivity index (χ0n) is 64.2. The number of allylic oxidation sites excluding steroid dienone is 4. The van der Waals surface area contributed by atoms with Crippen LogP contribution in [-0.4, -0.2) is 17.5 Å². The van der Waals surface area contributed by atoms with Gasteiger partial charge in [0.15, 0.2) is 0 Å². The van der Waals surface area contributed by atoms with Gasteiger partial charge in [-0.25, -0.2) is 0 Å². The van der Waals surface area contributed by atoms with Gasteiger partial charge >= 0.3 is 0 Å². The number of aryl methyl sites for hydroxylation is 3. The highest BCUT2D eigenvalue weighted by Gasteiger charge is 2.45. The first kappa shape index (κ1) is 77.0. The summed E-state index contributed by atoms with van der Waals surface area (Å²) >= 11 is 4.18. The van der Waals surface area contributed by atoms with Crippen molar-refractivity contribution in [2.45, 2.75) is 345 Å². The molecule has 0 aliphatic heterocycles. The van der Waals surface area contributed by atoms with Crippen molar-refractivity contribution in [1.29, 1.82) is 0 Å². The van der Waals surface area contributed by atoms with Crippen LogP contribution in [0.2, 0.25) is 0 Å². The van der Waals surface area contributed by atoms with Crippen LogP contribution >= 0.6 is 23.1 Å². The fourth-order valence-electron chi connectivity index (χ4n) is 19.1. The van der Waals surface area contributed by atoms with Crippen LogP contribution in [0.25, 0.3) is 37.2 Å². The molecule has 534 valence electrons. The molecule has 5 aromatic rings. The van der Waals surface area contributed by atoms with Gasteiger partial charge in [-0.2, -0.15) is 0 Å². The molecule has 9 rings (SSSR count). The fourth-order valence-corrected chi connectivity index (χ4v) is 21.5. The van der Waals surface area contributed by atoms with Crippen LogP contribution in [-0.2, 0) is 43.3 Å². The molecule has 0 bridgehead atoms. The van der Waals surface area contributed by atoms with E-state index in [4.69, 9.17) is 4.74 Å². The molecule has 1 fully saturated rings. The Morgan fingerprint density at radius 2 is 1.16 bits per heavy atom. The first-order valence-corrected chi connectivity index (χ1v) is 43.5. The number of fused-ring (bicyclic) bond motifs is 11. The summed E-state index contributed by atoms with van der Waals surface area (Å²) in [4.78, 5) is 2.95. The molecule has 1 aromatic heterocycles. The molecule has 4 heteroatoms. The predicted octanol–water partition coefficient (Wildman–Crippen LogP) is 29.2. The van der Waals surface area contributed by atoms with Crippen molar-refractivity contribution in [1.82, 2.24) is 0 Å². The summed E-state index contributed by atoms with van der Waals surface area (Å²) in [6.45, 7) is 32.6. The number of rotatable bonds is 44. The van der Waals surface area contributed by atoms with E-state index in [1.54, 1.807) is 53.9 Å². The Morgan fingerprint density at radius 3 is 1.81 bits per heavy atom. The van der Waals surface area contributed by atoms with Crippen molar-refractivity contribution >= 4 is 60.3 Å². The molecule has 0 spiro atoms. The summed E-state index contributed by atoms with van der Waals surface area (Å²) in [5, 5.41) is 18.5. The third kappa shape index (κ3) is 21.0. The van der Waals surface area contributed by atoms with Crippen LogP contribution in [0.4, 0.5) is 0 Å². The Hall–Kier alpha value is -3.21. The van der Waals surface area contributed by atoms with Gasteiger partial charge in [0.1, 0.15) is 11.5 Å². The van der Waals surface area contributed by atoms with Crippen molar-refractivity contribution in [3.05, 3.63) is 98.1 Å². The van der Waals surface area contributed by atoms with Crippen molar-refractivity contribution in [2.24, 2.45) is 71.0 Å². The molecule has 1 heterocycles. The summed E-state index contributed by atoms with van der Waals surface area (Å²) in [5.41, 5.74) is 13.0. The molecule has 4 aliphatic carbocycles. The lowest BCUT2D eigenvalue weighted by atomic mass is 9.60. The monoisotopic (exact) mass is 1340 g/mol. The molecular formula is C92H142O2S2. The highest BCUT2D eigenvalue weighted by atomic mass is 32.2. The first-order valence-electron chi connectivity index (χ1n) is 41.7. The standard InChI is InChI=1S/C92H142O2S2/c1-14-20-30-68(12)54-71-45-49-79-85(57-71)90-74(55-69(13)31-21-15-2)59-89-91(86(90)62-88(79)94-52-18-5)80-50-46-72(77(41-22-16-3)92(80)96-89)40-23-24-53-95-75-47-51-78-82-58-73(29-17-4)76-48-44-70(56-81(76)83(82)61-87(93)84(78)60-75)43-42-67(11)39-28-38-66(10)37-27-36-65(9)35-26-34-64(8)33-25-32-63(7)19-6/h46-47,50-51,58,60-71,74,79,85,93H,14-45,48-49,52-57,59H2,1-13H3. The average molecular weight is 1340 g/mol. The van der Waals surface area contributed by atoms with E-state index in [0.717, 1.165) is 96.7 Å². The van der Waals surface area contributed by atoms with Gasteiger partial charge in [-0.05, 0) is 254 Å². The number of unbranched alkanes of at least 4 members (excludes halogenated alkanes) is 4. The number of thioether (sulfide) groups is 1. The minimum Gasteiger partial charge on any atom is -0.507 e. The fraction of sp³-hybridized carbons (Fsp3) is 0.717. The molecule has 0 amide bonds. The van der Waals surface area contributed by atoms with Crippen LogP contribution in [0.1, 0.15) is 340 Å². The van der Waals surface area contributed by atoms with Gasteiger partial charge in [0, 0.05) is 36.7 Å². The van der Waals surface area contributed by atoms with E-state index in [2.05, 4.69) is 150 Å². The number of aromatic hydroxyl groups is 1. The Labute approximate surface area is 598 Å². The van der Waals surface area contributed by atoms with Crippen molar-refractivity contribution in [2.75, 3.05) is 12.4 Å². The quantitative estimate of drug-likeness (QED) is 0.0239. The van der Waals surface area contributed by atoms with Gasteiger partial charge in [-0.1, -0.05) is 261 Å². The van der Waals surface area contributed by atoms with Gasteiger partial charge in [0.25, 0.3) is 0 Å². The number of phenolic OH excluding ortho intramolecular Hbond substituents is 1. The lowest BCUT2D eigenvalue weighted by Gasteiger charge is -2.46. The Bertz CT molecular complexity index is 3220. The maximum Gasteiger partial charge on any atom is 0.124 e. The van der Waals surface area contributed by atoms with E-state index >= 15 is 0 Å². The second-order valence-corrected chi connectivity index (χ2v) is 36.0. The smallest absolute Gasteiger partial charge is 0.124 e. The molecule has 0 radical (unpaired) electrons. The van der Waals surface area contributed by atoms with Crippen LogP contribution in [0.15, 0.2) is 64.8 Å². The number of hydrogen-bond acceptors (Lipinski definition) is 4. The zero-order valence-corrected chi connectivity index (χ0v) is 65.8. The lowest BCUT2D eigenvalue weighted by molar-refractivity contribution is 0.109. The molecule has 1 N–H and O–H groups in total. The van der Waals surface area contributed by atoms with Crippen LogP contribution in [0, 0.1) is 71.0 Å². The number of thiophene rings is 1. The minimum absolute atomic E-state index is 0.461. The van der Waals surface area contributed by atoms with Crippen LogP contribution < -0.4 is 0 Å². The largest absolute Gasteiger partial charge is 0.507 e. The predicted molar refractivity (Wildman–Crippen MR) is 427 cm³/mol. The Balaban J connectivity index is 0.813. The van der Waals surface area contributed by atoms with Crippen LogP contribution in [0.3, 0.4) is 0 Å². The molecular weight excluding hydrogens is 1200 g/mol. The van der Waals surface area contributed by atoms with Crippen molar-refractivity contribution in [3.63, 3.8) is 0 Å². The van der Waals surface area contributed by atoms with Crippen molar-refractivity contribution in [3.8, 4) is 5.75 Å². The SMILES string of the molecule is CCCCc1c(CCCCSc2ccc3c(c2)c(O)cc2c4c(c(CCC)cc23)CCC(CCC(C)CCCC(C)CCCC(C)CCCC(C)CCCC(C)CC)C4)ccc2c3c(sc12)CC(CC(C)CCCC)C1=C3C=C(OCCC)C2CCC(CC(C)CCCC)CC12. The van der Waals surface area contributed by atoms with Gasteiger partial charge in [-0.3, -0.25) is 0 Å². The molecule has 12 atom stereocenters.